The van der Waals surface area contributed by atoms with Crippen molar-refractivity contribution in [1.29, 1.82) is 0 Å². The first-order valence-corrected chi connectivity index (χ1v) is 7.46. The molecule has 1 fully saturated rings. The molecule has 1 aromatic heterocycles. The van der Waals surface area contributed by atoms with E-state index >= 15 is 0 Å². The van der Waals surface area contributed by atoms with Crippen LogP contribution >= 0.6 is 0 Å². The first-order chi connectivity index (χ1) is 9.35. The van der Waals surface area contributed by atoms with Gasteiger partial charge in [0.2, 0.25) is 10.0 Å². The maximum absolute atomic E-state index is 12.1. The Labute approximate surface area is 115 Å². The molecule has 0 radical (unpaired) electrons. The molecule has 1 aliphatic rings. The molecule has 20 heavy (non-hydrogen) atoms. The monoisotopic (exact) mass is 302 g/mol. The Bertz CT molecular complexity index is 648. The van der Waals surface area contributed by atoms with E-state index in [2.05, 4.69) is 9.46 Å². The second kappa shape index (κ2) is 5.25. The van der Waals surface area contributed by atoms with Crippen LogP contribution in [0.3, 0.4) is 0 Å². The molecule has 110 valence electrons. The van der Waals surface area contributed by atoms with Gasteiger partial charge in [-0.15, -0.1) is 0 Å². The highest BCUT2D eigenvalue weighted by molar-refractivity contribution is 7.89. The Morgan fingerprint density at radius 1 is 1.60 bits per heavy atom. The molecule has 1 aromatic rings. The average molecular weight is 302 g/mol. The van der Waals surface area contributed by atoms with Gasteiger partial charge < -0.3 is 14.4 Å². The highest BCUT2D eigenvalue weighted by Crippen LogP contribution is 2.17. The number of aromatic carboxylic acids is 1. The molecule has 1 atom stereocenters. The number of ether oxygens (including phenoxy) is 1. The van der Waals surface area contributed by atoms with Gasteiger partial charge in [-0.3, -0.25) is 4.79 Å². The van der Waals surface area contributed by atoms with Crippen LogP contribution in [-0.2, 0) is 26.1 Å². The molecule has 8 nitrogen and oxygen atoms in total. The van der Waals surface area contributed by atoms with E-state index in [0.717, 1.165) is 6.07 Å². The second-order valence-electron chi connectivity index (χ2n) is 4.28. The van der Waals surface area contributed by atoms with E-state index < -0.39 is 28.0 Å². The van der Waals surface area contributed by atoms with E-state index in [1.807, 2.05) is 0 Å². The van der Waals surface area contributed by atoms with Crippen molar-refractivity contribution in [3.05, 3.63) is 18.0 Å². The van der Waals surface area contributed by atoms with Crippen LogP contribution in [0.15, 0.2) is 17.2 Å². The number of rotatable bonds is 5. The molecule has 2 N–H and O–H groups in total. The number of carboxylic acid groups (broad SMARTS) is 1. The van der Waals surface area contributed by atoms with Crippen molar-refractivity contribution < 1.29 is 27.9 Å². The number of carboxylic acids is 1. The van der Waals surface area contributed by atoms with Crippen molar-refractivity contribution in [1.82, 2.24) is 9.29 Å². The van der Waals surface area contributed by atoms with Crippen molar-refractivity contribution in [3.8, 4) is 0 Å². The maximum Gasteiger partial charge on any atom is 0.352 e. The Kier molecular flexibility index (Phi) is 3.82. The van der Waals surface area contributed by atoms with Crippen LogP contribution in [0.5, 0.6) is 0 Å². The van der Waals surface area contributed by atoms with Gasteiger partial charge in [-0.25, -0.2) is 13.2 Å². The van der Waals surface area contributed by atoms with E-state index in [1.165, 1.54) is 10.8 Å². The third-order valence-corrected chi connectivity index (χ3v) is 4.41. The normalized spacial score (nSPS) is 19.1. The summed E-state index contributed by atoms with van der Waals surface area (Å²) < 4.78 is 32.4. The smallest absolute Gasteiger partial charge is 0.352 e. The number of sulfonamides is 1. The summed E-state index contributed by atoms with van der Waals surface area (Å²) in [5, 5.41) is 8.99. The van der Waals surface area contributed by atoms with Crippen molar-refractivity contribution in [3.63, 3.8) is 0 Å². The number of aromatic nitrogens is 1. The number of cyclic esters (lactones) is 1. The number of hydrogen-bond acceptors (Lipinski definition) is 5. The molecular formula is C11H14N2O6S. The first kappa shape index (κ1) is 14.5. The Balaban J connectivity index is 2.30. The highest BCUT2D eigenvalue weighted by Gasteiger charge is 2.32. The van der Waals surface area contributed by atoms with E-state index in [4.69, 9.17) is 5.11 Å². The number of nitrogens with one attached hydrogen (secondary N) is 1. The number of carbonyl (C=O) groups excluding carboxylic acids is 1. The van der Waals surface area contributed by atoms with Crippen LogP contribution in [0.2, 0.25) is 0 Å². The number of esters is 1. The zero-order chi connectivity index (χ0) is 14.9. The lowest BCUT2D eigenvalue weighted by Gasteiger charge is -2.08. The van der Waals surface area contributed by atoms with Crippen LogP contribution in [0.25, 0.3) is 0 Å². The summed E-state index contributed by atoms with van der Waals surface area (Å²) in [6, 6.07) is 0.146. The predicted octanol–water partition coefficient (Wildman–Crippen LogP) is -0.200. The number of hydrogen-bond donors (Lipinski definition) is 2. The minimum Gasteiger partial charge on any atom is -0.477 e. The summed E-state index contributed by atoms with van der Waals surface area (Å²) in [6.45, 7) is 2.19. The van der Waals surface area contributed by atoms with Gasteiger partial charge >= 0.3 is 11.9 Å². The zero-order valence-corrected chi connectivity index (χ0v) is 11.5. The summed E-state index contributed by atoms with van der Waals surface area (Å²) in [5.41, 5.74) is -0.123. The lowest BCUT2D eigenvalue weighted by Crippen LogP contribution is -2.37. The quantitative estimate of drug-likeness (QED) is 0.728. The van der Waals surface area contributed by atoms with Crippen LogP contribution in [0.1, 0.15) is 23.8 Å². The maximum atomic E-state index is 12.1. The van der Waals surface area contributed by atoms with Crippen LogP contribution in [-0.4, -0.2) is 42.7 Å². The summed E-state index contributed by atoms with van der Waals surface area (Å²) >= 11 is 0. The topological polar surface area (TPSA) is 115 Å². The largest absolute Gasteiger partial charge is 0.477 e. The van der Waals surface area contributed by atoms with Gasteiger partial charge in [0.05, 0.1) is 6.61 Å². The van der Waals surface area contributed by atoms with E-state index in [9.17, 15) is 18.0 Å². The molecule has 1 unspecified atom stereocenters. The van der Waals surface area contributed by atoms with Gasteiger partial charge in [0.25, 0.3) is 0 Å². The summed E-state index contributed by atoms with van der Waals surface area (Å²) in [5.74, 6) is -1.84. The molecule has 1 saturated heterocycles. The second-order valence-corrected chi connectivity index (χ2v) is 6.00. The minimum absolute atomic E-state index is 0.123. The number of nitrogens with zero attached hydrogens (tertiary/aromatic N) is 1. The van der Waals surface area contributed by atoms with Gasteiger partial charge in [-0.05, 0) is 13.0 Å². The third-order valence-electron chi connectivity index (χ3n) is 2.97. The van der Waals surface area contributed by atoms with Crippen molar-refractivity contribution in [2.75, 3.05) is 6.61 Å². The molecule has 2 rings (SSSR count). The summed E-state index contributed by atoms with van der Waals surface area (Å²) in [4.78, 5) is 22.1. The first-order valence-electron chi connectivity index (χ1n) is 5.97. The standard InChI is InChI=1S/C11H14N2O6S/c1-2-13-6-7(5-9(13)10(14)15)20(17,18)12-8-3-4-19-11(8)16/h5-6,8,12H,2-4H2,1H3,(H,14,15). The fourth-order valence-corrected chi connectivity index (χ4v) is 3.19. The van der Waals surface area contributed by atoms with Crippen LogP contribution in [0, 0.1) is 0 Å². The molecule has 0 spiro atoms. The van der Waals surface area contributed by atoms with E-state index in [1.54, 1.807) is 6.92 Å². The summed E-state index contributed by atoms with van der Waals surface area (Å²) in [7, 11) is -3.96. The van der Waals surface area contributed by atoms with Crippen molar-refractivity contribution in [2.45, 2.75) is 30.8 Å². The lowest BCUT2D eigenvalue weighted by atomic mass is 10.3. The molecule has 0 amide bonds. The lowest BCUT2D eigenvalue weighted by molar-refractivity contribution is -0.139. The molecule has 0 saturated carbocycles. The van der Waals surface area contributed by atoms with Gasteiger partial charge in [-0.1, -0.05) is 0 Å². The fraction of sp³-hybridized carbons (Fsp3) is 0.455. The van der Waals surface area contributed by atoms with Gasteiger partial charge in [0.1, 0.15) is 16.6 Å². The molecular weight excluding hydrogens is 288 g/mol. The molecule has 0 aromatic carbocycles. The average Bonchev–Trinajstić information content (AvgIpc) is 2.96. The third kappa shape index (κ3) is 2.68. The molecule has 0 bridgehead atoms. The fourth-order valence-electron chi connectivity index (χ4n) is 1.93. The molecule has 1 aliphatic heterocycles. The van der Waals surface area contributed by atoms with E-state index in [0.29, 0.717) is 6.54 Å². The summed E-state index contributed by atoms with van der Waals surface area (Å²) in [6.07, 6.45) is 1.49. The predicted molar refractivity (Wildman–Crippen MR) is 66.8 cm³/mol. The van der Waals surface area contributed by atoms with Gasteiger partial charge in [-0.2, -0.15) is 4.72 Å². The zero-order valence-electron chi connectivity index (χ0n) is 10.7. The van der Waals surface area contributed by atoms with Crippen LogP contribution < -0.4 is 4.72 Å². The Morgan fingerprint density at radius 2 is 2.30 bits per heavy atom. The van der Waals surface area contributed by atoms with Gasteiger partial charge in [0.15, 0.2) is 0 Å². The SMILES string of the molecule is CCn1cc(S(=O)(=O)NC2CCOC2=O)cc1C(=O)O. The number of carbonyl (C=O) groups is 2. The highest BCUT2D eigenvalue weighted by atomic mass is 32.2. The molecule has 9 heteroatoms. The van der Waals surface area contributed by atoms with Crippen molar-refractivity contribution >= 4 is 22.0 Å². The molecule has 0 aliphatic carbocycles. The Hall–Kier alpha value is -1.87. The Morgan fingerprint density at radius 3 is 2.75 bits per heavy atom. The van der Waals surface area contributed by atoms with Crippen molar-refractivity contribution in [2.24, 2.45) is 0 Å². The number of aryl methyl sites for hydroxylation is 1. The van der Waals surface area contributed by atoms with Gasteiger partial charge in [0, 0.05) is 19.2 Å². The van der Waals surface area contributed by atoms with E-state index in [-0.39, 0.29) is 23.6 Å². The van der Waals surface area contributed by atoms with Crippen LogP contribution in [0.4, 0.5) is 0 Å². The minimum atomic E-state index is -3.96. The molecule has 2 heterocycles.